The summed E-state index contributed by atoms with van der Waals surface area (Å²) in [6, 6.07) is 6.64. The van der Waals surface area contributed by atoms with E-state index in [0.29, 0.717) is 44.6 Å². The molecule has 2 saturated heterocycles. The smallest absolute Gasteiger partial charge is 0.411 e. The van der Waals surface area contributed by atoms with Crippen LogP contribution in [0.2, 0.25) is 25.7 Å². The van der Waals surface area contributed by atoms with Gasteiger partial charge in [-0.15, -0.1) is 10.2 Å². The topological polar surface area (TPSA) is 134 Å². The van der Waals surface area contributed by atoms with E-state index in [2.05, 4.69) is 50.3 Å². The van der Waals surface area contributed by atoms with Gasteiger partial charge in [0.05, 0.1) is 54.9 Å². The van der Waals surface area contributed by atoms with Crippen LogP contribution in [-0.2, 0) is 20.9 Å². The summed E-state index contributed by atoms with van der Waals surface area (Å²) < 4.78 is 21.2. The molecule has 3 atom stereocenters. The SMILES string of the molecule is CC(C)(C)OC(=O)N1[C@H]2COC[C@@H]1[C@@H](Nc1ncc(-c3ccc(-n4cccn4)c4c3cnn4COCC[Si](C)(C)C)nn1)C2. The summed E-state index contributed by atoms with van der Waals surface area (Å²) in [4.78, 5) is 19.4. The van der Waals surface area contributed by atoms with Crippen molar-refractivity contribution in [2.24, 2.45) is 0 Å². The standard InChI is InChI=1S/C30H41N9O4Si/c1-30(2,3)43-29(40)39-20-14-23(26(39)18-42-17-20)34-28-31-16-24(35-36-28)21-8-9-25(37-11-7-10-32-37)27-22(21)15-33-38(27)19-41-12-13-44(4,5)6/h7-11,15-16,20,23,26H,12-14,17-19H2,1-6H3,(H,31,34,36)/t20-,23+,26-/m1/s1. The number of anilines is 1. The number of aromatic nitrogens is 7. The van der Waals surface area contributed by atoms with Crippen LogP contribution in [0.3, 0.4) is 0 Å². The van der Waals surface area contributed by atoms with Gasteiger partial charge < -0.3 is 19.5 Å². The molecule has 0 saturated carbocycles. The van der Waals surface area contributed by atoms with Gasteiger partial charge in [0.1, 0.15) is 18.0 Å². The second kappa shape index (κ2) is 11.9. The number of hydrogen-bond donors (Lipinski definition) is 1. The Morgan fingerprint density at radius 3 is 2.68 bits per heavy atom. The Labute approximate surface area is 257 Å². The van der Waals surface area contributed by atoms with E-state index in [-0.39, 0.29) is 24.2 Å². The summed E-state index contributed by atoms with van der Waals surface area (Å²) in [5.74, 6) is 0.395. The summed E-state index contributed by atoms with van der Waals surface area (Å²) in [6.07, 6.45) is 7.60. The molecular weight excluding hydrogens is 578 g/mol. The van der Waals surface area contributed by atoms with Gasteiger partial charge >= 0.3 is 6.09 Å². The Balaban J connectivity index is 1.22. The molecule has 0 spiro atoms. The normalized spacial score (nSPS) is 20.3. The molecule has 1 N–H and O–H groups in total. The molecule has 2 fully saturated rings. The van der Waals surface area contributed by atoms with Crippen molar-refractivity contribution in [3.8, 4) is 16.9 Å². The highest BCUT2D eigenvalue weighted by Gasteiger charge is 2.48. The zero-order valence-electron chi connectivity index (χ0n) is 26.2. The number of fused-ring (bicyclic) bond motifs is 3. The molecule has 1 amide bonds. The zero-order chi connectivity index (χ0) is 31.1. The summed E-state index contributed by atoms with van der Waals surface area (Å²) in [5.41, 5.74) is 2.69. The van der Waals surface area contributed by atoms with Gasteiger partial charge in [-0.25, -0.2) is 19.1 Å². The van der Waals surface area contributed by atoms with E-state index < -0.39 is 13.7 Å². The van der Waals surface area contributed by atoms with Crippen molar-refractivity contribution < 1.29 is 19.0 Å². The summed E-state index contributed by atoms with van der Waals surface area (Å²) in [6.45, 7) is 14.6. The number of carbonyl (C=O) groups is 1. The van der Waals surface area contributed by atoms with Crippen molar-refractivity contribution in [1.82, 2.24) is 39.6 Å². The molecule has 2 aliphatic rings. The van der Waals surface area contributed by atoms with E-state index >= 15 is 0 Å². The van der Waals surface area contributed by atoms with E-state index in [0.717, 1.165) is 28.2 Å². The summed E-state index contributed by atoms with van der Waals surface area (Å²) in [5, 5.41) is 22.4. The number of rotatable bonds is 9. The van der Waals surface area contributed by atoms with Crippen LogP contribution in [0.1, 0.15) is 27.2 Å². The highest BCUT2D eigenvalue weighted by molar-refractivity contribution is 6.76. The zero-order valence-corrected chi connectivity index (χ0v) is 27.2. The number of nitrogens with zero attached hydrogens (tertiary/aromatic N) is 8. The predicted molar refractivity (Wildman–Crippen MR) is 168 cm³/mol. The lowest BCUT2D eigenvalue weighted by atomic mass is 10.1. The quantitative estimate of drug-likeness (QED) is 0.210. The molecule has 44 heavy (non-hydrogen) atoms. The van der Waals surface area contributed by atoms with Crippen molar-refractivity contribution >= 4 is 31.0 Å². The molecule has 0 unspecified atom stereocenters. The van der Waals surface area contributed by atoms with Crippen molar-refractivity contribution in [3.63, 3.8) is 0 Å². The second-order valence-corrected chi connectivity index (χ2v) is 19.3. The van der Waals surface area contributed by atoms with Crippen LogP contribution >= 0.6 is 0 Å². The van der Waals surface area contributed by atoms with E-state index in [9.17, 15) is 4.79 Å². The fourth-order valence-corrected chi connectivity index (χ4v) is 6.47. The number of carbonyl (C=O) groups excluding carboxylic acids is 1. The number of nitrogens with one attached hydrogen (secondary N) is 1. The fraction of sp³-hybridized carbons (Fsp3) is 0.533. The molecular formula is C30H41N9O4Si. The molecule has 4 aromatic rings. The first-order valence-electron chi connectivity index (χ1n) is 15.1. The Hall–Kier alpha value is -3.88. The van der Waals surface area contributed by atoms with Crippen LogP contribution in [0, 0.1) is 0 Å². The maximum Gasteiger partial charge on any atom is 0.411 e. The molecule has 2 aliphatic heterocycles. The Kier molecular flexibility index (Phi) is 8.15. The summed E-state index contributed by atoms with van der Waals surface area (Å²) in [7, 11) is -1.21. The van der Waals surface area contributed by atoms with Crippen LogP contribution in [0.5, 0.6) is 0 Å². The monoisotopic (exact) mass is 619 g/mol. The number of benzene rings is 1. The van der Waals surface area contributed by atoms with Gasteiger partial charge in [-0.1, -0.05) is 19.6 Å². The second-order valence-electron chi connectivity index (χ2n) is 13.6. The van der Waals surface area contributed by atoms with Crippen molar-refractivity contribution in [1.29, 1.82) is 0 Å². The van der Waals surface area contributed by atoms with Gasteiger partial charge in [0.25, 0.3) is 0 Å². The lowest BCUT2D eigenvalue weighted by molar-refractivity contribution is -0.0375. The molecule has 14 heteroatoms. The minimum Gasteiger partial charge on any atom is -0.444 e. The van der Waals surface area contributed by atoms with Gasteiger partial charge in [-0.2, -0.15) is 10.2 Å². The molecule has 1 aromatic carbocycles. The molecule has 6 rings (SSSR count). The minimum absolute atomic E-state index is 0.0639. The third kappa shape index (κ3) is 6.47. The molecule has 13 nitrogen and oxygen atoms in total. The lowest BCUT2D eigenvalue weighted by Gasteiger charge is -2.36. The highest BCUT2D eigenvalue weighted by atomic mass is 28.3. The maximum atomic E-state index is 13.0. The molecule has 0 radical (unpaired) electrons. The van der Waals surface area contributed by atoms with E-state index in [1.165, 1.54) is 0 Å². The molecule has 234 valence electrons. The average Bonchev–Trinajstić information content (AvgIpc) is 3.68. The van der Waals surface area contributed by atoms with Crippen LogP contribution in [0.15, 0.2) is 43.0 Å². The van der Waals surface area contributed by atoms with Gasteiger partial charge in [-0.3, -0.25) is 4.90 Å². The van der Waals surface area contributed by atoms with E-state index in [1.54, 1.807) is 17.3 Å². The van der Waals surface area contributed by atoms with Crippen LogP contribution in [0.25, 0.3) is 27.8 Å². The maximum absolute atomic E-state index is 13.0. The first-order valence-corrected chi connectivity index (χ1v) is 18.8. The lowest BCUT2D eigenvalue weighted by Crippen LogP contribution is -2.53. The van der Waals surface area contributed by atoms with Crippen molar-refractivity contribution in [2.75, 3.05) is 25.1 Å². The van der Waals surface area contributed by atoms with Gasteiger partial charge in [0, 0.05) is 38.0 Å². The van der Waals surface area contributed by atoms with Crippen LogP contribution in [-0.4, -0.2) is 97.4 Å². The van der Waals surface area contributed by atoms with Crippen LogP contribution in [0.4, 0.5) is 10.7 Å². The fourth-order valence-electron chi connectivity index (χ4n) is 5.71. The average molecular weight is 620 g/mol. The summed E-state index contributed by atoms with van der Waals surface area (Å²) >= 11 is 0. The molecule has 5 heterocycles. The van der Waals surface area contributed by atoms with Crippen LogP contribution < -0.4 is 5.32 Å². The Morgan fingerprint density at radius 2 is 1.98 bits per heavy atom. The number of morpholine rings is 1. The van der Waals surface area contributed by atoms with E-state index in [4.69, 9.17) is 14.2 Å². The number of ether oxygens (including phenoxy) is 3. The van der Waals surface area contributed by atoms with Gasteiger partial charge in [0.15, 0.2) is 0 Å². The first kappa shape index (κ1) is 30.2. The number of amides is 1. The van der Waals surface area contributed by atoms with Crippen molar-refractivity contribution in [2.45, 2.75) is 83.3 Å². The third-order valence-corrected chi connectivity index (χ3v) is 9.54. The Bertz CT molecular complexity index is 1600. The molecule has 0 aliphatic carbocycles. The molecule has 3 aromatic heterocycles. The third-order valence-electron chi connectivity index (χ3n) is 7.84. The largest absolute Gasteiger partial charge is 0.444 e. The van der Waals surface area contributed by atoms with Gasteiger partial charge in [0.2, 0.25) is 5.95 Å². The number of hydrogen-bond acceptors (Lipinski definition) is 10. The van der Waals surface area contributed by atoms with Crippen molar-refractivity contribution in [3.05, 3.63) is 43.0 Å². The minimum atomic E-state index is -1.21. The van der Waals surface area contributed by atoms with E-state index in [1.807, 2.05) is 60.7 Å². The molecule has 2 bridgehead atoms. The highest BCUT2D eigenvalue weighted by Crippen LogP contribution is 2.34. The first-order chi connectivity index (χ1) is 21.0. The predicted octanol–water partition coefficient (Wildman–Crippen LogP) is 4.58. The van der Waals surface area contributed by atoms with Gasteiger partial charge in [-0.05, 0) is 51.4 Å². The Morgan fingerprint density at radius 1 is 1.14 bits per heavy atom.